The molecule has 0 aromatic heterocycles. The van der Waals surface area contributed by atoms with Gasteiger partial charge in [-0.1, -0.05) is 0 Å². The molecule has 0 aliphatic carbocycles. The Bertz CT molecular complexity index is 322. The van der Waals surface area contributed by atoms with E-state index in [4.69, 9.17) is 0 Å². The summed E-state index contributed by atoms with van der Waals surface area (Å²) in [5.74, 6) is -1.11. The molecular weight excluding hydrogens is 212 g/mol. The van der Waals surface area contributed by atoms with Gasteiger partial charge in [-0.3, -0.25) is 0 Å². The molecular formula is C12H17F2NO. The molecule has 0 amide bonds. The van der Waals surface area contributed by atoms with Crippen molar-refractivity contribution in [3.63, 3.8) is 0 Å². The summed E-state index contributed by atoms with van der Waals surface area (Å²) in [6.07, 6.45) is 0.0930. The molecule has 0 aliphatic rings. The summed E-state index contributed by atoms with van der Waals surface area (Å²) in [6.45, 7) is 4.13. The smallest absolute Gasteiger partial charge is 0.126 e. The van der Waals surface area contributed by atoms with Crippen molar-refractivity contribution in [2.75, 3.05) is 6.54 Å². The molecule has 0 radical (unpaired) electrons. The number of aliphatic hydroxyl groups excluding tert-OH is 1. The number of hydrogen-bond donors (Lipinski definition) is 2. The first-order chi connectivity index (χ1) is 7.49. The molecule has 16 heavy (non-hydrogen) atoms. The van der Waals surface area contributed by atoms with E-state index in [1.165, 1.54) is 12.1 Å². The fourth-order valence-electron chi connectivity index (χ4n) is 1.37. The third kappa shape index (κ3) is 4.24. The summed E-state index contributed by atoms with van der Waals surface area (Å²) in [6, 6.07) is 3.46. The van der Waals surface area contributed by atoms with E-state index in [9.17, 15) is 13.9 Å². The van der Waals surface area contributed by atoms with E-state index in [0.29, 0.717) is 18.5 Å². The van der Waals surface area contributed by atoms with Crippen molar-refractivity contribution in [1.29, 1.82) is 0 Å². The van der Waals surface area contributed by atoms with Gasteiger partial charge < -0.3 is 10.4 Å². The molecule has 1 rings (SSSR count). The zero-order chi connectivity index (χ0) is 12.1. The number of halogens is 2. The highest BCUT2D eigenvalue weighted by molar-refractivity contribution is 5.18. The first-order valence-corrected chi connectivity index (χ1v) is 5.35. The molecule has 0 bridgehead atoms. The highest BCUT2D eigenvalue weighted by atomic mass is 19.1. The van der Waals surface area contributed by atoms with Crippen LogP contribution in [0, 0.1) is 11.6 Å². The molecule has 0 saturated heterocycles. The Labute approximate surface area is 94.3 Å². The standard InChI is InChI=1S/C12H17F2NO/c1-8(9(2)16)15-4-3-10-5-11(13)7-12(14)6-10/h5-9,15-16H,3-4H2,1-2H3. The Morgan fingerprint density at radius 3 is 2.25 bits per heavy atom. The van der Waals surface area contributed by atoms with Gasteiger partial charge in [0.2, 0.25) is 0 Å². The third-order valence-corrected chi connectivity index (χ3v) is 2.53. The number of hydrogen-bond acceptors (Lipinski definition) is 2. The van der Waals surface area contributed by atoms with Gasteiger partial charge in [-0.2, -0.15) is 0 Å². The van der Waals surface area contributed by atoms with Gasteiger partial charge in [0.05, 0.1) is 6.10 Å². The molecule has 0 fully saturated rings. The normalized spacial score (nSPS) is 14.8. The van der Waals surface area contributed by atoms with Gasteiger partial charge >= 0.3 is 0 Å². The van der Waals surface area contributed by atoms with E-state index in [1.54, 1.807) is 6.92 Å². The van der Waals surface area contributed by atoms with Crippen molar-refractivity contribution in [3.8, 4) is 0 Å². The predicted molar refractivity (Wildman–Crippen MR) is 59.2 cm³/mol. The summed E-state index contributed by atoms with van der Waals surface area (Å²) in [5.41, 5.74) is 0.614. The first-order valence-electron chi connectivity index (χ1n) is 5.35. The Morgan fingerprint density at radius 2 is 1.75 bits per heavy atom. The minimum atomic E-state index is -0.557. The van der Waals surface area contributed by atoms with Crippen molar-refractivity contribution in [1.82, 2.24) is 5.32 Å². The molecule has 0 saturated carbocycles. The summed E-state index contributed by atoms with van der Waals surface area (Å²) >= 11 is 0. The first kappa shape index (κ1) is 13.1. The van der Waals surface area contributed by atoms with Gasteiger partial charge in [0.25, 0.3) is 0 Å². The number of nitrogens with one attached hydrogen (secondary N) is 1. The van der Waals surface area contributed by atoms with Crippen LogP contribution in [-0.2, 0) is 6.42 Å². The van der Waals surface area contributed by atoms with E-state index < -0.39 is 17.7 Å². The molecule has 1 aromatic carbocycles. The van der Waals surface area contributed by atoms with E-state index in [-0.39, 0.29) is 6.04 Å². The Morgan fingerprint density at radius 1 is 1.19 bits per heavy atom. The van der Waals surface area contributed by atoms with E-state index in [1.807, 2.05) is 6.92 Å². The van der Waals surface area contributed by atoms with Crippen LogP contribution >= 0.6 is 0 Å². The van der Waals surface area contributed by atoms with Gasteiger partial charge in [-0.05, 0) is 44.5 Å². The molecule has 1 aromatic rings. The molecule has 2 unspecified atom stereocenters. The molecule has 90 valence electrons. The van der Waals surface area contributed by atoms with E-state index in [0.717, 1.165) is 6.07 Å². The lowest BCUT2D eigenvalue weighted by Gasteiger charge is -2.16. The second-order valence-corrected chi connectivity index (χ2v) is 4.01. The lowest BCUT2D eigenvalue weighted by atomic mass is 10.1. The van der Waals surface area contributed by atoms with Gasteiger partial charge in [0, 0.05) is 12.1 Å². The zero-order valence-electron chi connectivity index (χ0n) is 9.50. The van der Waals surface area contributed by atoms with Gasteiger partial charge in [-0.25, -0.2) is 8.78 Å². The topological polar surface area (TPSA) is 32.3 Å². The summed E-state index contributed by atoms with van der Waals surface area (Å²) in [5, 5.41) is 12.3. The van der Waals surface area contributed by atoms with Crippen LogP contribution in [0.1, 0.15) is 19.4 Å². The van der Waals surface area contributed by atoms with Crippen LogP contribution in [0.2, 0.25) is 0 Å². The maximum absolute atomic E-state index is 12.8. The van der Waals surface area contributed by atoms with Crippen LogP contribution in [0.4, 0.5) is 8.78 Å². The zero-order valence-corrected chi connectivity index (χ0v) is 9.50. The van der Waals surface area contributed by atoms with Crippen molar-refractivity contribution >= 4 is 0 Å². The molecule has 2 N–H and O–H groups in total. The molecule has 0 heterocycles. The van der Waals surface area contributed by atoms with E-state index in [2.05, 4.69) is 5.32 Å². The second kappa shape index (κ2) is 5.92. The molecule has 2 nitrogen and oxygen atoms in total. The summed E-state index contributed by atoms with van der Waals surface area (Å²) < 4.78 is 25.7. The van der Waals surface area contributed by atoms with Gasteiger partial charge in [0.15, 0.2) is 0 Å². The lowest BCUT2D eigenvalue weighted by Crippen LogP contribution is -2.36. The Balaban J connectivity index is 2.43. The summed E-state index contributed by atoms with van der Waals surface area (Å²) in [7, 11) is 0. The van der Waals surface area contributed by atoms with Crippen molar-refractivity contribution in [2.24, 2.45) is 0 Å². The van der Waals surface area contributed by atoms with Crippen LogP contribution in [0.25, 0.3) is 0 Å². The van der Waals surface area contributed by atoms with Crippen molar-refractivity contribution < 1.29 is 13.9 Å². The van der Waals surface area contributed by atoms with Crippen LogP contribution in [0.5, 0.6) is 0 Å². The lowest BCUT2D eigenvalue weighted by molar-refractivity contribution is 0.153. The monoisotopic (exact) mass is 229 g/mol. The van der Waals surface area contributed by atoms with Crippen LogP contribution in [-0.4, -0.2) is 23.8 Å². The minimum absolute atomic E-state index is 0.0293. The highest BCUT2D eigenvalue weighted by Gasteiger charge is 2.07. The molecule has 2 atom stereocenters. The van der Waals surface area contributed by atoms with Crippen LogP contribution < -0.4 is 5.32 Å². The fraction of sp³-hybridized carbons (Fsp3) is 0.500. The van der Waals surface area contributed by atoms with E-state index >= 15 is 0 Å². The largest absolute Gasteiger partial charge is 0.392 e. The number of rotatable bonds is 5. The highest BCUT2D eigenvalue weighted by Crippen LogP contribution is 2.08. The van der Waals surface area contributed by atoms with Crippen LogP contribution in [0.15, 0.2) is 18.2 Å². The predicted octanol–water partition coefficient (Wildman–Crippen LogP) is 1.87. The van der Waals surface area contributed by atoms with Crippen molar-refractivity contribution in [3.05, 3.63) is 35.4 Å². The third-order valence-electron chi connectivity index (χ3n) is 2.53. The van der Waals surface area contributed by atoms with Crippen LogP contribution in [0.3, 0.4) is 0 Å². The Kier molecular flexibility index (Phi) is 4.83. The quantitative estimate of drug-likeness (QED) is 0.807. The molecule has 0 aliphatic heterocycles. The SMILES string of the molecule is CC(O)C(C)NCCc1cc(F)cc(F)c1. The average Bonchev–Trinajstić information content (AvgIpc) is 2.15. The minimum Gasteiger partial charge on any atom is -0.392 e. The summed E-state index contributed by atoms with van der Waals surface area (Å²) in [4.78, 5) is 0. The fourth-order valence-corrected chi connectivity index (χ4v) is 1.37. The maximum atomic E-state index is 12.8. The number of benzene rings is 1. The Hall–Kier alpha value is -1.00. The number of aliphatic hydroxyl groups is 1. The maximum Gasteiger partial charge on any atom is 0.126 e. The average molecular weight is 229 g/mol. The molecule has 4 heteroatoms. The molecule has 0 spiro atoms. The van der Waals surface area contributed by atoms with Crippen molar-refractivity contribution in [2.45, 2.75) is 32.4 Å². The van der Waals surface area contributed by atoms with Gasteiger partial charge in [-0.15, -0.1) is 0 Å². The van der Waals surface area contributed by atoms with Gasteiger partial charge in [0.1, 0.15) is 11.6 Å². The second-order valence-electron chi connectivity index (χ2n) is 4.01.